The van der Waals surface area contributed by atoms with Crippen molar-refractivity contribution in [3.05, 3.63) is 35.5 Å². The maximum atomic E-state index is 15.0. The van der Waals surface area contributed by atoms with E-state index in [-0.39, 0.29) is 24.4 Å². The first-order valence-electron chi connectivity index (χ1n) is 11.3. The number of allylic oxidation sites excluding steroid dienone is 3. The van der Waals surface area contributed by atoms with Crippen LogP contribution in [-0.4, -0.2) is 76.4 Å². The van der Waals surface area contributed by atoms with Crippen LogP contribution in [0.25, 0.3) is 0 Å². The molecule has 3 atom stereocenters. The highest BCUT2D eigenvalue weighted by Crippen LogP contribution is 2.30. The van der Waals surface area contributed by atoms with Crippen molar-refractivity contribution in [3.63, 3.8) is 0 Å². The van der Waals surface area contributed by atoms with Gasteiger partial charge in [0.15, 0.2) is 17.5 Å². The van der Waals surface area contributed by atoms with Gasteiger partial charge in [-0.1, -0.05) is 6.58 Å². The number of rotatable bonds is 8. The summed E-state index contributed by atoms with van der Waals surface area (Å²) < 4.78 is 77.7. The van der Waals surface area contributed by atoms with Crippen LogP contribution in [0, 0.1) is 0 Å². The van der Waals surface area contributed by atoms with E-state index in [0.29, 0.717) is 25.9 Å². The van der Waals surface area contributed by atoms with Crippen LogP contribution in [0.3, 0.4) is 0 Å². The van der Waals surface area contributed by atoms with Crippen molar-refractivity contribution in [2.24, 2.45) is 0 Å². The molecule has 2 amide bonds. The summed E-state index contributed by atoms with van der Waals surface area (Å²) in [5, 5.41) is 2.15. The number of carbonyl (C=O) groups is 1. The molecule has 12 heteroatoms. The lowest BCUT2D eigenvalue weighted by Crippen LogP contribution is -2.49. The topological polar surface area (TPSA) is 73.9 Å². The average Bonchev–Trinajstić information content (AvgIpc) is 2.78. The van der Waals surface area contributed by atoms with E-state index in [0.717, 1.165) is 0 Å². The molecule has 0 radical (unpaired) electrons. The first kappa shape index (κ1) is 28.3. The molecule has 2 rings (SSSR count). The van der Waals surface area contributed by atoms with Crippen LogP contribution in [0.2, 0.25) is 0 Å². The first-order chi connectivity index (χ1) is 15.9. The van der Waals surface area contributed by atoms with Gasteiger partial charge in [-0.15, -0.1) is 0 Å². The SMILES string of the molecule is C=C(NC(=O)N1CCC(NS(=O)C(C)C)CC1)/C(F)=C(F)\C(=C(\F)CF)N1CC(C)OC(C)C1. The molecular formula is C22H34F4N4O3S. The van der Waals surface area contributed by atoms with Gasteiger partial charge in [-0.25, -0.2) is 31.3 Å². The minimum absolute atomic E-state index is 0.0285. The quantitative estimate of drug-likeness (QED) is 0.386. The molecule has 194 valence electrons. The van der Waals surface area contributed by atoms with Gasteiger partial charge in [-0.3, -0.25) is 0 Å². The molecule has 2 fully saturated rings. The van der Waals surface area contributed by atoms with E-state index in [2.05, 4.69) is 16.6 Å². The van der Waals surface area contributed by atoms with Gasteiger partial charge in [0, 0.05) is 37.5 Å². The molecule has 2 heterocycles. The van der Waals surface area contributed by atoms with E-state index in [4.69, 9.17) is 4.74 Å². The van der Waals surface area contributed by atoms with E-state index in [1.807, 2.05) is 13.8 Å². The second-order valence-electron chi connectivity index (χ2n) is 8.81. The summed E-state index contributed by atoms with van der Waals surface area (Å²) in [7, 11) is -1.18. The molecular weight excluding hydrogens is 476 g/mol. The monoisotopic (exact) mass is 510 g/mol. The Morgan fingerprint density at radius 1 is 1.09 bits per heavy atom. The molecule has 2 saturated heterocycles. The standard InChI is InChI=1S/C22H34F4N4O3S/c1-13(2)34(32)28-17-6-8-29(9-7-17)22(31)27-16(5)19(25)20(26)21(18(24)10-23)30-11-14(3)33-15(4)12-30/h13-15,17,28H,5-12H2,1-4H3,(H,27,31)/b20-19-,21-18-. The summed E-state index contributed by atoms with van der Waals surface area (Å²) >= 11 is 0. The minimum Gasteiger partial charge on any atom is -0.372 e. The number of urea groups is 1. The molecule has 34 heavy (non-hydrogen) atoms. The Morgan fingerprint density at radius 2 is 1.65 bits per heavy atom. The van der Waals surface area contributed by atoms with Crippen molar-refractivity contribution >= 4 is 17.0 Å². The van der Waals surface area contributed by atoms with Crippen LogP contribution >= 0.6 is 0 Å². The van der Waals surface area contributed by atoms with Crippen LogP contribution in [0.1, 0.15) is 40.5 Å². The smallest absolute Gasteiger partial charge is 0.321 e. The lowest BCUT2D eigenvalue weighted by Gasteiger charge is -2.37. The predicted molar refractivity (Wildman–Crippen MR) is 124 cm³/mol. The highest BCUT2D eigenvalue weighted by atomic mass is 32.2. The first-order valence-corrected chi connectivity index (χ1v) is 12.5. The Hall–Kier alpha value is -1.92. The zero-order valence-corrected chi connectivity index (χ0v) is 20.8. The third-order valence-corrected chi connectivity index (χ3v) is 6.95. The number of morpholine rings is 1. The van der Waals surface area contributed by atoms with E-state index >= 15 is 4.39 Å². The number of carbonyl (C=O) groups excluding carboxylic acids is 1. The van der Waals surface area contributed by atoms with E-state index in [1.54, 1.807) is 13.8 Å². The number of ether oxygens (including phenoxy) is 1. The summed E-state index contributed by atoms with van der Waals surface area (Å²) in [6.07, 6.45) is 0.265. The number of nitrogens with one attached hydrogen (secondary N) is 2. The van der Waals surface area contributed by atoms with Crippen LogP contribution in [0.5, 0.6) is 0 Å². The molecule has 0 aromatic carbocycles. The summed E-state index contributed by atoms with van der Waals surface area (Å²) in [5.74, 6) is -4.68. The molecule has 2 aliphatic rings. The molecule has 2 aliphatic heterocycles. The van der Waals surface area contributed by atoms with Crippen molar-refractivity contribution < 1.29 is 31.3 Å². The Balaban J connectivity index is 2.05. The molecule has 0 bridgehead atoms. The number of amides is 2. The van der Waals surface area contributed by atoms with Gasteiger partial charge in [0.25, 0.3) is 0 Å². The van der Waals surface area contributed by atoms with Crippen molar-refractivity contribution in [2.75, 3.05) is 32.9 Å². The number of likely N-dealkylation sites (tertiary alicyclic amines) is 1. The normalized spacial score (nSPS) is 24.5. The average molecular weight is 511 g/mol. The third-order valence-electron chi connectivity index (χ3n) is 5.53. The van der Waals surface area contributed by atoms with Gasteiger partial charge in [0.1, 0.15) is 12.4 Å². The van der Waals surface area contributed by atoms with Crippen molar-refractivity contribution in [1.29, 1.82) is 0 Å². The van der Waals surface area contributed by atoms with E-state index < -0.39 is 64.8 Å². The molecule has 0 aliphatic carbocycles. The van der Waals surface area contributed by atoms with Gasteiger partial charge in [0.2, 0.25) is 0 Å². The van der Waals surface area contributed by atoms with Gasteiger partial charge in [-0.05, 0) is 40.5 Å². The molecule has 3 unspecified atom stereocenters. The molecule has 0 saturated carbocycles. The number of nitrogens with zero attached hydrogens (tertiary/aromatic N) is 2. The highest BCUT2D eigenvalue weighted by Gasteiger charge is 2.31. The van der Waals surface area contributed by atoms with Crippen molar-refractivity contribution in [3.8, 4) is 0 Å². The largest absolute Gasteiger partial charge is 0.372 e. The van der Waals surface area contributed by atoms with E-state index in [1.165, 1.54) is 9.80 Å². The van der Waals surface area contributed by atoms with Crippen LogP contribution < -0.4 is 10.0 Å². The number of alkyl halides is 1. The highest BCUT2D eigenvalue weighted by molar-refractivity contribution is 7.83. The van der Waals surface area contributed by atoms with Gasteiger partial charge in [0.05, 0.1) is 28.9 Å². The number of hydrogen-bond donors (Lipinski definition) is 2. The summed E-state index contributed by atoms with van der Waals surface area (Å²) in [4.78, 5) is 15.1. The number of hydrogen-bond acceptors (Lipinski definition) is 4. The van der Waals surface area contributed by atoms with Crippen LogP contribution in [0.15, 0.2) is 35.5 Å². The fourth-order valence-corrected chi connectivity index (χ4v) is 4.69. The second kappa shape index (κ2) is 12.7. The van der Waals surface area contributed by atoms with Crippen molar-refractivity contribution in [1.82, 2.24) is 19.8 Å². The zero-order valence-electron chi connectivity index (χ0n) is 20.0. The second-order valence-corrected chi connectivity index (χ2v) is 10.6. The Kier molecular flexibility index (Phi) is 10.6. The molecule has 0 aromatic heterocycles. The Bertz CT molecular complexity index is 834. The molecule has 2 N–H and O–H groups in total. The van der Waals surface area contributed by atoms with Crippen LogP contribution in [-0.2, 0) is 15.7 Å². The zero-order chi connectivity index (χ0) is 25.6. The summed E-state index contributed by atoms with van der Waals surface area (Å²) in [6, 6.07) is -0.722. The summed E-state index contributed by atoms with van der Waals surface area (Å²) in [5.41, 5.74) is -1.54. The maximum absolute atomic E-state index is 15.0. The molecule has 0 spiro atoms. The fourth-order valence-electron chi connectivity index (χ4n) is 3.85. The van der Waals surface area contributed by atoms with Gasteiger partial charge >= 0.3 is 6.03 Å². The fraction of sp³-hybridized carbons (Fsp3) is 0.682. The van der Waals surface area contributed by atoms with E-state index in [9.17, 15) is 22.2 Å². The number of piperidine rings is 1. The lowest BCUT2D eigenvalue weighted by atomic mass is 10.1. The minimum atomic E-state index is -1.64. The van der Waals surface area contributed by atoms with Gasteiger partial charge < -0.3 is 19.9 Å². The maximum Gasteiger partial charge on any atom is 0.321 e. The third kappa shape index (κ3) is 7.54. The van der Waals surface area contributed by atoms with Crippen molar-refractivity contribution in [2.45, 2.75) is 64.0 Å². The Labute approximate surface area is 200 Å². The molecule has 7 nitrogen and oxygen atoms in total. The van der Waals surface area contributed by atoms with Gasteiger partial charge in [-0.2, -0.15) is 0 Å². The number of halogens is 4. The Morgan fingerprint density at radius 3 is 2.15 bits per heavy atom. The lowest BCUT2D eigenvalue weighted by molar-refractivity contribution is -0.0586. The molecule has 0 aromatic rings. The predicted octanol–water partition coefficient (Wildman–Crippen LogP) is 3.75. The van der Waals surface area contributed by atoms with Crippen LogP contribution in [0.4, 0.5) is 22.4 Å². The summed E-state index contributed by atoms with van der Waals surface area (Å²) in [6.45, 7) is 9.48.